The Kier molecular flexibility index (Phi) is 8.69. The van der Waals surface area contributed by atoms with Gasteiger partial charge < -0.3 is 14.4 Å². The second kappa shape index (κ2) is 12.1. The predicted molar refractivity (Wildman–Crippen MR) is 136 cm³/mol. The second-order valence-electron chi connectivity index (χ2n) is 9.42. The van der Waals surface area contributed by atoms with E-state index in [1.165, 1.54) is 18.7 Å². The van der Waals surface area contributed by atoms with Gasteiger partial charge in [0, 0.05) is 18.1 Å². The Morgan fingerprint density at radius 1 is 1.09 bits per heavy atom. The molecule has 3 aromatic rings. The molecule has 5 nitrogen and oxygen atoms in total. The molecule has 2 atom stereocenters. The molecule has 0 spiro atoms. The molecule has 0 saturated carbocycles. The molecule has 1 fully saturated rings. The lowest BCUT2D eigenvalue weighted by atomic mass is 9.81. The third-order valence-electron chi connectivity index (χ3n) is 7.28. The van der Waals surface area contributed by atoms with Gasteiger partial charge in [0.2, 0.25) is 0 Å². The molecule has 1 aliphatic rings. The van der Waals surface area contributed by atoms with Crippen molar-refractivity contribution in [2.75, 3.05) is 33.9 Å². The molecule has 186 valence electrons. The monoisotopic (exact) mass is 478 g/mol. The maximum atomic E-state index is 13.9. The van der Waals surface area contributed by atoms with Crippen LogP contribution < -0.4 is 4.74 Å². The van der Waals surface area contributed by atoms with Crippen molar-refractivity contribution in [2.45, 2.75) is 38.5 Å². The lowest BCUT2D eigenvalue weighted by Gasteiger charge is -2.37. The van der Waals surface area contributed by atoms with E-state index in [-0.39, 0.29) is 17.7 Å². The molecule has 6 heteroatoms. The van der Waals surface area contributed by atoms with E-state index in [2.05, 4.69) is 22.0 Å². The molecule has 1 saturated heterocycles. The van der Waals surface area contributed by atoms with Gasteiger partial charge in [0.15, 0.2) is 0 Å². The average molecular weight is 479 g/mol. The van der Waals surface area contributed by atoms with Gasteiger partial charge in [-0.05, 0) is 99.0 Å². The number of aromatic nitrogens is 1. The molecule has 0 amide bonds. The van der Waals surface area contributed by atoms with E-state index >= 15 is 0 Å². The molecule has 0 bridgehead atoms. The van der Waals surface area contributed by atoms with Gasteiger partial charge in [0.1, 0.15) is 11.6 Å². The van der Waals surface area contributed by atoms with Crippen molar-refractivity contribution in [1.82, 2.24) is 9.88 Å². The molecule has 2 aromatic carbocycles. The molecule has 1 aromatic heterocycles. The number of ether oxygens (including phenoxy) is 2. The van der Waals surface area contributed by atoms with Gasteiger partial charge in [0.25, 0.3) is 0 Å². The van der Waals surface area contributed by atoms with Crippen molar-refractivity contribution in [2.24, 2.45) is 11.8 Å². The summed E-state index contributed by atoms with van der Waals surface area (Å²) in [6.45, 7) is 2.54. The van der Waals surface area contributed by atoms with Gasteiger partial charge in [0.05, 0.1) is 25.7 Å². The van der Waals surface area contributed by atoms with Crippen LogP contribution >= 0.6 is 0 Å². The van der Waals surface area contributed by atoms with Crippen molar-refractivity contribution < 1.29 is 18.7 Å². The van der Waals surface area contributed by atoms with Gasteiger partial charge in [-0.25, -0.2) is 4.39 Å². The molecule has 0 aliphatic carbocycles. The zero-order valence-corrected chi connectivity index (χ0v) is 20.7. The fourth-order valence-electron chi connectivity index (χ4n) is 5.31. The standard InChI is InChI=1S/C29H35FN2O3/c1-34-24-12-13-28-25(19-24)21(14-16-31-28)8-5-9-22-15-18-32(20-26(22)29(33)35-2)17-6-10-23-7-3-4-11-27(23)30/h3-4,7,11-14,16,19,22,26H,5-6,8-10,15,17-18,20H2,1-2H3/t22-,26+/m1/s1. The number of pyridine rings is 1. The van der Waals surface area contributed by atoms with E-state index in [4.69, 9.17) is 9.47 Å². The van der Waals surface area contributed by atoms with Crippen molar-refractivity contribution >= 4 is 16.9 Å². The summed E-state index contributed by atoms with van der Waals surface area (Å²) in [5, 5.41) is 1.13. The lowest BCUT2D eigenvalue weighted by molar-refractivity contribution is -0.150. The average Bonchev–Trinajstić information content (AvgIpc) is 2.89. The SMILES string of the molecule is COC(=O)[C@H]1CN(CCCc2ccccc2F)CC[C@H]1CCCc1ccnc2ccc(OC)cc12. The number of benzene rings is 2. The summed E-state index contributed by atoms with van der Waals surface area (Å²) in [5.74, 6) is 0.774. The second-order valence-corrected chi connectivity index (χ2v) is 9.42. The Hall–Kier alpha value is -2.99. The van der Waals surface area contributed by atoms with Crippen LogP contribution in [0.15, 0.2) is 54.7 Å². The first-order chi connectivity index (χ1) is 17.1. The third-order valence-corrected chi connectivity index (χ3v) is 7.28. The van der Waals surface area contributed by atoms with Crippen LogP contribution in [0.2, 0.25) is 0 Å². The third kappa shape index (κ3) is 6.37. The van der Waals surface area contributed by atoms with Crippen LogP contribution in [0.3, 0.4) is 0 Å². The predicted octanol–water partition coefficient (Wildman–Crippen LogP) is 5.45. The number of hydrogen-bond acceptors (Lipinski definition) is 5. The first kappa shape index (κ1) is 25.1. The molecule has 0 unspecified atom stereocenters. The van der Waals surface area contributed by atoms with Crippen LogP contribution in [0.1, 0.15) is 36.8 Å². The summed E-state index contributed by atoms with van der Waals surface area (Å²) in [4.78, 5) is 19.4. The highest BCUT2D eigenvalue weighted by atomic mass is 19.1. The number of carbonyl (C=O) groups is 1. The van der Waals surface area contributed by atoms with Crippen LogP contribution in [0.5, 0.6) is 5.75 Å². The van der Waals surface area contributed by atoms with Crippen molar-refractivity contribution in [3.8, 4) is 5.75 Å². The summed E-state index contributed by atoms with van der Waals surface area (Å²) in [6.07, 6.45) is 7.34. The van der Waals surface area contributed by atoms with E-state index in [1.807, 2.05) is 30.5 Å². The number of methoxy groups -OCH3 is 2. The molecule has 4 rings (SSSR count). The fourth-order valence-corrected chi connectivity index (χ4v) is 5.31. The Morgan fingerprint density at radius 2 is 1.91 bits per heavy atom. The number of aryl methyl sites for hydroxylation is 2. The van der Waals surface area contributed by atoms with Gasteiger partial charge in [-0.15, -0.1) is 0 Å². The smallest absolute Gasteiger partial charge is 0.310 e. The maximum absolute atomic E-state index is 13.9. The first-order valence-corrected chi connectivity index (χ1v) is 12.5. The van der Waals surface area contributed by atoms with Crippen molar-refractivity contribution in [1.29, 1.82) is 0 Å². The van der Waals surface area contributed by atoms with Crippen LogP contribution in [0, 0.1) is 17.7 Å². The Labute approximate surface area is 207 Å². The minimum atomic E-state index is -0.140. The zero-order valence-electron chi connectivity index (χ0n) is 20.7. The van der Waals surface area contributed by atoms with Crippen LogP contribution in [0.4, 0.5) is 4.39 Å². The minimum Gasteiger partial charge on any atom is -0.497 e. The van der Waals surface area contributed by atoms with E-state index < -0.39 is 0 Å². The number of nitrogens with zero attached hydrogens (tertiary/aromatic N) is 2. The largest absolute Gasteiger partial charge is 0.497 e. The molecular weight excluding hydrogens is 443 g/mol. The highest BCUT2D eigenvalue weighted by Gasteiger charge is 2.34. The van der Waals surface area contributed by atoms with E-state index in [9.17, 15) is 9.18 Å². The number of piperidine rings is 1. The molecule has 35 heavy (non-hydrogen) atoms. The van der Waals surface area contributed by atoms with Crippen LogP contribution in [-0.4, -0.2) is 49.7 Å². The highest BCUT2D eigenvalue weighted by molar-refractivity contribution is 5.83. The molecule has 1 aliphatic heterocycles. The van der Waals surface area contributed by atoms with E-state index in [0.717, 1.165) is 67.4 Å². The number of rotatable bonds is 10. The quantitative estimate of drug-likeness (QED) is 0.363. The summed E-state index contributed by atoms with van der Waals surface area (Å²) in [6, 6.07) is 15.0. The summed E-state index contributed by atoms with van der Waals surface area (Å²) in [7, 11) is 3.16. The van der Waals surface area contributed by atoms with Crippen LogP contribution in [0.25, 0.3) is 10.9 Å². The lowest BCUT2D eigenvalue weighted by Crippen LogP contribution is -2.44. The number of esters is 1. The molecular formula is C29H35FN2O3. The fraction of sp³-hybridized carbons (Fsp3) is 0.448. The number of fused-ring (bicyclic) bond motifs is 1. The molecule has 0 radical (unpaired) electrons. The Morgan fingerprint density at radius 3 is 2.71 bits per heavy atom. The van der Waals surface area contributed by atoms with Gasteiger partial charge in [-0.3, -0.25) is 9.78 Å². The zero-order chi connectivity index (χ0) is 24.6. The van der Waals surface area contributed by atoms with E-state index in [0.29, 0.717) is 18.9 Å². The van der Waals surface area contributed by atoms with Crippen LogP contribution in [-0.2, 0) is 22.4 Å². The minimum absolute atomic E-state index is 0.114. The number of hydrogen-bond donors (Lipinski definition) is 0. The first-order valence-electron chi connectivity index (χ1n) is 12.5. The van der Waals surface area contributed by atoms with Gasteiger partial charge in [-0.2, -0.15) is 0 Å². The summed E-state index contributed by atoms with van der Waals surface area (Å²) < 4.78 is 24.5. The number of likely N-dealkylation sites (tertiary alicyclic amines) is 1. The number of carbonyl (C=O) groups excluding carboxylic acids is 1. The summed E-state index contributed by atoms with van der Waals surface area (Å²) >= 11 is 0. The highest BCUT2D eigenvalue weighted by Crippen LogP contribution is 2.31. The molecule has 0 N–H and O–H groups in total. The Balaban J connectivity index is 1.32. The summed E-state index contributed by atoms with van der Waals surface area (Å²) in [5.41, 5.74) is 2.99. The number of halogens is 1. The molecule has 2 heterocycles. The Bertz CT molecular complexity index is 1140. The van der Waals surface area contributed by atoms with Gasteiger partial charge in [-0.1, -0.05) is 18.2 Å². The van der Waals surface area contributed by atoms with Crippen molar-refractivity contribution in [3.05, 3.63) is 71.7 Å². The topological polar surface area (TPSA) is 51.7 Å². The van der Waals surface area contributed by atoms with E-state index in [1.54, 1.807) is 13.2 Å². The normalized spacial score (nSPS) is 18.5. The maximum Gasteiger partial charge on any atom is 0.310 e. The van der Waals surface area contributed by atoms with Crippen molar-refractivity contribution in [3.63, 3.8) is 0 Å². The van der Waals surface area contributed by atoms with Gasteiger partial charge >= 0.3 is 5.97 Å².